The summed E-state index contributed by atoms with van der Waals surface area (Å²) in [5.41, 5.74) is 2.52. The molecule has 0 unspecified atom stereocenters. The van der Waals surface area contributed by atoms with Crippen molar-refractivity contribution in [1.29, 1.82) is 0 Å². The summed E-state index contributed by atoms with van der Waals surface area (Å²) in [6.45, 7) is 2.12. The van der Waals surface area contributed by atoms with E-state index in [9.17, 15) is 9.90 Å². The third kappa shape index (κ3) is 3.45. The zero-order valence-electron chi connectivity index (χ0n) is 13.1. The minimum Gasteiger partial charge on any atom is -0.478 e. The minimum absolute atomic E-state index is 0.117. The van der Waals surface area contributed by atoms with Crippen LogP contribution in [-0.4, -0.2) is 46.3 Å². The Kier molecular flexibility index (Phi) is 5.15. The molecule has 0 aliphatic carbocycles. The summed E-state index contributed by atoms with van der Waals surface area (Å²) in [7, 11) is 4.05. The van der Waals surface area contributed by atoms with Crippen molar-refractivity contribution in [3.63, 3.8) is 0 Å². The molecule has 116 valence electrons. The first-order valence-electron chi connectivity index (χ1n) is 6.85. The number of hydrogen-bond donors (Lipinski definition) is 1. The van der Waals surface area contributed by atoms with Gasteiger partial charge in [-0.2, -0.15) is 0 Å². The van der Waals surface area contributed by atoms with E-state index in [4.69, 9.17) is 0 Å². The molecule has 0 aliphatic rings. The zero-order chi connectivity index (χ0) is 16.3. The van der Waals surface area contributed by atoms with E-state index in [1.165, 1.54) is 23.5 Å². The Bertz CT molecular complexity index is 672. The van der Waals surface area contributed by atoms with Gasteiger partial charge < -0.3 is 10.0 Å². The molecule has 0 radical (unpaired) electrons. The van der Waals surface area contributed by atoms with E-state index >= 15 is 0 Å². The molecule has 2 aromatic rings. The lowest BCUT2D eigenvalue weighted by atomic mass is 10.0. The van der Waals surface area contributed by atoms with Crippen LogP contribution in [0.15, 0.2) is 35.6 Å². The Hall–Kier alpha value is -1.92. The van der Waals surface area contributed by atoms with Crippen molar-refractivity contribution in [2.24, 2.45) is 0 Å². The van der Waals surface area contributed by atoms with Crippen LogP contribution >= 0.6 is 11.8 Å². The summed E-state index contributed by atoms with van der Waals surface area (Å²) in [6.07, 6.45) is 3.23. The standard InChI is InChI=1S/C16H19N3O2S/c1-10(19(2)3)11-5-7-12(8-6-11)14-13(15(20)21)9-17-16(18-14)22-4/h5-10H,1-4H3,(H,20,21)/t10-/m1/s1. The van der Waals surface area contributed by atoms with Crippen molar-refractivity contribution in [1.82, 2.24) is 14.9 Å². The smallest absolute Gasteiger partial charge is 0.339 e. The number of nitrogens with zero attached hydrogens (tertiary/aromatic N) is 3. The maximum absolute atomic E-state index is 11.4. The molecule has 0 saturated carbocycles. The predicted molar refractivity (Wildman–Crippen MR) is 88.3 cm³/mol. The van der Waals surface area contributed by atoms with Crippen molar-refractivity contribution >= 4 is 17.7 Å². The molecule has 22 heavy (non-hydrogen) atoms. The first-order chi connectivity index (χ1) is 10.4. The van der Waals surface area contributed by atoms with E-state index in [1.54, 1.807) is 0 Å². The van der Waals surface area contributed by atoms with E-state index in [2.05, 4.69) is 21.8 Å². The Morgan fingerprint density at radius 2 is 1.91 bits per heavy atom. The van der Waals surface area contributed by atoms with Gasteiger partial charge in [-0.15, -0.1) is 0 Å². The van der Waals surface area contributed by atoms with Crippen molar-refractivity contribution in [3.8, 4) is 11.3 Å². The number of aromatic nitrogens is 2. The molecule has 5 nitrogen and oxygen atoms in total. The van der Waals surface area contributed by atoms with E-state index < -0.39 is 5.97 Å². The average molecular weight is 317 g/mol. The maximum atomic E-state index is 11.4. The number of benzene rings is 1. The Morgan fingerprint density at radius 1 is 1.27 bits per heavy atom. The highest BCUT2D eigenvalue weighted by molar-refractivity contribution is 7.98. The molecule has 0 spiro atoms. The lowest BCUT2D eigenvalue weighted by molar-refractivity contribution is 0.0696. The Labute approximate surface area is 134 Å². The van der Waals surface area contributed by atoms with Gasteiger partial charge in [-0.3, -0.25) is 0 Å². The normalized spacial score (nSPS) is 12.4. The molecule has 0 aliphatic heterocycles. The van der Waals surface area contributed by atoms with Gasteiger partial charge >= 0.3 is 5.97 Å². The molecule has 1 atom stereocenters. The summed E-state index contributed by atoms with van der Waals surface area (Å²) < 4.78 is 0. The fourth-order valence-corrected chi connectivity index (χ4v) is 2.40. The molecule has 1 aromatic carbocycles. The molecule has 1 N–H and O–H groups in total. The monoisotopic (exact) mass is 317 g/mol. The number of thioether (sulfide) groups is 1. The number of carboxylic acids is 1. The summed E-state index contributed by atoms with van der Waals surface area (Å²) in [5.74, 6) is -1.02. The average Bonchev–Trinajstić information content (AvgIpc) is 2.53. The second-order valence-corrected chi connectivity index (χ2v) is 5.96. The second kappa shape index (κ2) is 6.89. The highest BCUT2D eigenvalue weighted by atomic mass is 32.2. The largest absolute Gasteiger partial charge is 0.478 e. The van der Waals surface area contributed by atoms with Crippen LogP contribution in [0.5, 0.6) is 0 Å². The number of carboxylic acid groups (broad SMARTS) is 1. The highest BCUT2D eigenvalue weighted by Crippen LogP contribution is 2.26. The topological polar surface area (TPSA) is 66.3 Å². The van der Waals surface area contributed by atoms with Gasteiger partial charge in [0.15, 0.2) is 5.16 Å². The molecular formula is C16H19N3O2S. The van der Waals surface area contributed by atoms with Gasteiger partial charge in [-0.25, -0.2) is 14.8 Å². The van der Waals surface area contributed by atoms with E-state index in [0.717, 1.165) is 5.56 Å². The Morgan fingerprint density at radius 3 is 2.41 bits per heavy atom. The van der Waals surface area contributed by atoms with Crippen LogP contribution in [0.2, 0.25) is 0 Å². The quantitative estimate of drug-likeness (QED) is 0.675. The van der Waals surface area contributed by atoms with Gasteiger partial charge in [0, 0.05) is 17.8 Å². The molecule has 2 rings (SSSR count). The third-order valence-electron chi connectivity index (χ3n) is 3.62. The number of carbonyl (C=O) groups is 1. The van der Waals surface area contributed by atoms with Crippen LogP contribution in [0.25, 0.3) is 11.3 Å². The molecule has 0 bridgehead atoms. The van der Waals surface area contributed by atoms with Gasteiger partial charge in [0.2, 0.25) is 0 Å². The molecule has 0 fully saturated rings. The predicted octanol–water partition coefficient (Wildman–Crippen LogP) is 3.19. The van der Waals surface area contributed by atoms with Crippen molar-refractivity contribution in [3.05, 3.63) is 41.6 Å². The van der Waals surface area contributed by atoms with Gasteiger partial charge in [-0.1, -0.05) is 36.0 Å². The molecule has 1 heterocycles. The van der Waals surface area contributed by atoms with Crippen LogP contribution in [0.3, 0.4) is 0 Å². The van der Waals surface area contributed by atoms with Gasteiger partial charge in [0.1, 0.15) is 5.56 Å². The fraction of sp³-hybridized carbons (Fsp3) is 0.312. The molecular weight excluding hydrogens is 298 g/mol. The van der Waals surface area contributed by atoms with E-state index in [-0.39, 0.29) is 5.56 Å². The van der Waals surface area contributed by atoms with E-state index in [1.807, 2.05) is 44.6 Å². The van der Waals surface area contributed by atoms with Gasteiger partial charge in [0.25, 0.3) is 0 Å². The van der Waals surface area contributed by atoms with Crippen LogP contribution in [0, 0.1) is 0 Å². The fourth-order valence-electron chi connectivity index (χ4n) is 2.06. The molecule has 1 aromatic heterocycles. The molecule has 0 saturated heterocycles. The second-order valence-electron chi connectivity index (χ2n) is 5.19. The van der Waals surface area contributed by atoms with Crippen molar-refractivity contribution < 1.29 is 9.90 Å². The molecule has 6 heteroatoms. The summed E-state index contributed by atoms with van der Waals surface area (Å²) in [5, 5.41) is 9.87. The van der Waals surface area contributed by atoms with E-state index in [0.29, 0.717) is 16.9 Å². The summed E-state index contributed by atoms with van der Waals surface area (Å²) in [6, 6.07) is 8.13. The lowest BCUT2D eigenvalue weighted by Gasteiger charge is -2.20. The number of hydrogen-bond acceptors (Lipinski definition) is 5. The first-order valence-corrected chi connectivity index (χ1v) is 8.07. The van der Waals surface area contributed by atoms with Gasteiger partial charge in [0.05, 0.1) is 5.69 Å². The number of aromatic carboxylic acids is 1. The van der Waals surface area contributed by atoms with Crippen LogP contribution < -0.4 is 0 Å². The lowest BCUT2D eigenvalue weighted by Crippen LogP contribution is -2.16. The summed E-state index contributed by atoms with van der Waals surface area (Å²) >= 11 is 1.39. The first kappa shape index (κ1) is 16.5. The van der Waals surface area contributed by atoms with Crippen LogP contribution in [-0.2, 0) is 0 Å². The Balaban J connectivity index is 2.45. The minimum atomic E-state index is -1.02. The van der Waals surface area contributed by atoms with Crippen LogP contribution in [0.1, 0.15) is 28.9 Å². The van der Waals surface area contributed by atoms with Gasteiger partial charge in [-0.05, 0) is 32.8 Å². The SMILES string of the molecule is CSc1ncc(C(=O)O)c(-c2ccc([C@@H](C)N(C)C)cc2)n1. The van der Waals surface area contributed by atoms with Crippen molar-refractivity contribution in [2.45, 2.75) is 18.1 Å². The highest BCUT2D eigenvalue weighted by Gasteiger charge is 2.16. The number of rotatable bonds is 5. The van der Waals surface area contributed by atoms with Crippen LogP contribution in [0.4, 0.5) is 0 Å². The molecule has 0 amide bonds. The van der Waals surface area contributed by atoms with Crippen molar-refractivity contribution in [2.75, 3.05) is 20.4 Å². The summed E-state index contributed by atoms with van der Waals surface area (Å²) in [4.78, 5) is 21.9. The maximum Gasteiger partial charge on any atom is 0.339 e. The zero-order valence-corrected chi connectivity index (χ0v) is 13.9. The third-order valence-corrected chi connectivity index (χ3v) is 4.18.